The molecule has 0 spiro atoms. The maximum Gasteiger partial charge on any atom is 0.573 e. The Kier molecular flexibility index (Phi) is 4.62. The highest BCUT2D eigenvalue weighted by Gasteiger charge is 2.48. The Morgan fingerprint density at radius 3 is 2.64 bits per heavy atom. The molecule has 3 rings (SSSR count). The van der Waals surface area contributed by atoms with Crippen molar-refractivity contribution >= 4 is 11.9 Å². The number of rotatable bonds is 4. The zero-order valence-electron chi connectivity index (χ0n) is 13.3. The van der Waals surface area contributed by atoms with Gasteiger partial charge in [-0.2, -0.15) is 0 Å². The predicted molar refractivity (Wildman–Crippen MR) is 80.9 cm³/mol. The van der Waals surface area contributed by atoms with Gasteiger partial charge >= 0.3 is 12.3 Å². The first-order valence-corrected chi connectivity index (χ1v) is 8.12. The minimum atomic E-state index is -4.79. The summed E-state index contributed by atoms with van der Waals surface area (Å²) in [6.07, 6.45) is -3.18. The third-order valence-corrected chi connectivity index (χ3v) is 4.73. The molecule has 1 aliphatic heterocycles. The Morgan fingerprint density at radius 2 is 1.96 bits per heavy atom. The number of hydrogen-bond donors (Lipinski definition) is 1. The number of halogens is 3. The van der Waals surface area contributed by atoms with Crippen molar-refractivity contribution in [1.82, 2.24) is 4.90 Å². The van der Waals surface area contributed by atoms with Crippen LogP contribution in [0.4, 0.5) is 13.2 Å². The summed E-state index contributed by atoms with van der Waals surface area (Å²) < 4.78 is 41.6. The number of carbonyl (C=O) groups excluding carboxylic acids is 1. The number of para-hydroxylation sites is 1. The Labute approximate surface area is 142 Å². The molecule has 3 atom stereocenters. The van der Waals surface area contributed by atoms with Crippen LogP contribution >= 0.6 is 0 Å². The number of carboxylic acids is 1. The molecule has 0 aromatic heterocycles. The number of amides is 1. The molecule has 1 N–H and O–H groups in total. The van der Waals surface area contributed by atoms with E-state index >= 15 is 0 Å². The lowest BCUT2D eigenvalue weighted by atomic mass is 9.97. The Hall–Kier alpha value is -2.25. The molecule has 2 fully saturated rings. The number of alkyl halides is 3. The zero-order valence-corrected chi connectivity index (χ0v) is 13.3. The van der Waals surface area contributed by atoms with Gasteiger partial charge in [-0.1, -0.05) is 18.2 Å². The van der Waals surface area contributed by atoms with Gasteiger partial charge in [0.25, 0.3) is 0 Å². The SMILES string of the molecule is O=C(O)[C@H]1CCCN(C(=O)C2CC2c2ccccc2OC(F)(F)F)C1. The van der Waals surface area contributed by atoms with Crippen LogP contribution < -0.4 is 4.74 Å². The van der Waals surface area contributed by atoms with Crippen LogP contribution in [-0.2, 0) is 9.59 Å². The fraction of sp³-hybridized carbons (Fsp3) is 0.529. The molecule has 1 aromatic rings. The van der Waals surface area contributed by atoms with Gasteiger partial charge < -0.3 is 14.7 Å². The third kappa shape index (κ3) is 4.05. The molecule has 0 radical (unpaired) electrons. The van der Waals surface area contributed by atoms with E-state index in [9.17, 15) is 22.8 Å². The van der Waals surface area contributed by atoms with E-state index in [1.54, 1.807) is 6.07 Å². The predicted octanol–water partition coefficient (Wildman–Crippen LogP) is 3.01. The van der Waals surface area contributed by atoms with E-state index in [2.05, 4.69) is 4.74 Å². The van der Waals surface area contributed by atoms with Gasteiger partial charge in [0.2, 0.25) is 5.91 Å². The van der Waals surface area contributed by atoms with Gasteiger partial charge in [-0.05, 0) is 36.8 Å². The normalized spacial score (nSPS) is 26.2. The van der Waals surface area contributed by atoms with Crippen molar-refractivity contribution in [3.05, 3.63) is 29.8 Å². The van der Waals surface area contributed by atoms with E-state index < -0.39 is 24.2 Å². The number of carboxylic acid groups (broad SMARTS) is 1. The molecule has 8 heteroatoms. The van der Waals surface area contributed by atoms with Crippen molar-refractivity contribution in [3.63, 3.8) is 0 Å². The summed E-state index contributed by atoms with van der Waals surface area (Å²) >= 11 is 0. The number of likely N-dealkylation sites (tertiary alicyclic amines) is 1. The highest BCUT2D eigenvalue weighted by molar-refractivity contribution is 5.84. The molecule has 2 aliphatic rings. The van der Waals surface area contributed by atoms with Gasteiger partial charge in [0.1, 0.15) is 5.75 Å². The van der Waals surface area contributed by atoms with Gasteiger partial charge in [0, 0.05) is 19.0 Å². The molecule has 0 bridgehead atoms. The molecule has 25 heavy (non-hydrogen) atoms. The van der Waals surface area contributed by atoms with E-state index in [1.807, 2.05) is 0 Å². The van der Waals surface area contributed by atoms with Crippen LogP contribution in [0.15, 0.2) is 24.3 Å². The van der Waals surface area contributed by atoms with Gasteiger partial charge in [-0.25, -0.2) is 0 Å². The Bertz CT molecular complexity index is 676. The van der Waals surface area contributed by atoms with Crippen LogP contribution in [0.5, 0.6) is 5.75 Å². The van der Waals surface area contributed by atoms with E-state index in [0.717, 1.165) is 0 Å². The standard InChI is InChI=1S/C17H18F3NO4/c18-17(19,20)25-14-6-2-1-5-11(14)12-8-13(12)15(22)21-7-3-4-10(9-21)16(23)24/h1-2,5-6,10,12-13H,3-4,7-9H2,(H,23,24)/t10-,12?,13?/m0/s1. The lowest BCUT2D eigenvalue weighted by Crippen LogP contribution is -2.43. The average molecular weight is 357 g/mol. The number of piperidine rings is 1. The monoisotopic (exact) mass is 357 g/mol. The van der Waals surface area contributed by atoms with Gasteiger partial charge in [0.05, 0.1) is 5.92 Å². The summed E-state index contributed by atoms with van der Waals surface area (Å²) in [6, 6.07) is 5.84. The highest BCUT2D eigenvalue weighted by atomic mass is 19.4. The first-order chi connectivity index (χ1) is 11.8. The van der Waals surface area contributed by atoms with Crippen molar-refractivity contribution in [2.75, 3.05) is 13.1 Å². The molecular weight excluding hydrogens is 339 g/mol. The van der Waals surface area contributed by atoms with Crippen molar-refractivity contribution < 1.29 is 32.6 Å². The molecule has 5 nitrogen and oxygen atoms in total. The summed E-state index contributed by atoms with van der Waals surface area (Å²) in [6.45, 7) is 0.657. The Balaban J connectivity index is 1.68. The third-order valence-electron chi connectivity index (χ3n) is 4.73. The molecule has 1 amide bonds. The van der Waals surface area contributed by atoms with E-state index in [4.69, 9.17) is 5.11 Å². The zero-order chi connectivity index (χ0) is 18.2. The minimum Gasteiger partial charge on any atom is -0.481 e. The molecule has 1 aromatic carbocycles. The molecular formula is C17H18F3NO4. The first-order valence-electron chi connectivity index (χ1n) is 8.12. The van der Waals surface area contributed by atoms with Crippen LogP contribution in [0.2, 0.25) is 0 Å². The summed E-state index contributed by atoms with van der Waals surface area (Å²) in [4.78, 5) is 25.2. The number of aliphatic carboxylic acids is 1. The van der Waals surface area contributed by atoms with E-state index in [-0.39, 0.29) is 24.1 Å². The number of benzene rings is 1. The lowest BCUT2D eigenvalue weighted by Gasteiger charge is -2.31. The van der Waals surface area contributed by atoms with Crippen LogP contribution in [0.3, 0.4) is 0 Å². The summed E-state index contributed by atoms with van der Waals surface area (Å²) in [5.74, 6) is -2.69. The van der Waals surface area contributed by atoms with Crippen LogP contribution in [-0.4, -0.2) is 41.3 Å². The largest absolute Gasteiger partial charge is 0.573 e. The maximum atomic E-state index is 12.6. The van der Waals surface area contributed by atoms with Gasteiger partial charge in [0.15, 0.2) is 0 Å². The van der Waals surface area contributed by atoms with Crippen LogP contribution in [0, 0.1) is 11.8 Å². The summed E-state index contributed by atoms with van der Waals surface area (Å²) in [5.41, 5.74) is 0.366. The van der Waals surface area contributed by atoms with Gasteiger partial charge in [-0.15, -0.1) is 13.2 Å². The fourth-order valence-electron chi connectivity index (χ4n) is 3.43. The van der Waals surface area contributed by atoms with Gasteiger partial charge in [-0.3, -0.25) is 9.59 Å². The average Bonchev–Trinajstić information content (AvgIpc) is 3.33. The number of hydrogen-bond acceptors (Lipinski definition) is 3. The van der Waals surface area contributed by atoms with Crippen LogP contribution in [0.25, 0.3) is 0 Å². The fourth-order valence-corrected chi connectivity index (χ4v) is 3.43. The maximum absolute atomic E-state index is 12.6. The molecule has 1 saturated heterocycles. The summed E-state index contributed by atoms with van der Waals surface area (Å²) in [5, 5.41) is 9.11. The molecule has 2 unspecified atom stereocenters. The van der Waals surface area contributed by atoms with Crippen molar-refractivity contribution in [2.24, 2.45) is 11.8 Å². The quantitative estimate of drug-likeness (QED) is 0.900. The minimum absolute atomic E-state index is 0.165. The molecule has 136 valence electrons. The molecule has 1 aliphatic carbocycles. The lowest BCUT2D eigenvalue weighted by molar-refractivity contribution is -0.274. The highest BCUT2D eigenvalue weighted by Crippen LogP contribution is 2.52. The summed E-state index contributed by atoms with van der Waals surface area (Å²) in [7, 11) is 0. The van der Waals surface area contributed by atoms with E-state index in [0.29, 0.717) is 31.4 Å². The number of nitrogens with zero attached hydrogens (tertiary/aromatic N) is 1. The van der Waals surface area contributed by atoms with Crippen LogP contribution in [0.1, 0.15) is 30.7 Å². The topological polar surface area (TPSA) is 66.8 Å². The van der Waals surface area contributed by atoms with E-state index in [1.165, 1.54) is 23.1 Å². The smallest absolute Gasteiger partial charge is 0.481 e. The molecule has 1 saturated carbocycles. The van der Waals surface area contributed by atoms with Crippen molar-refractivity contribution in [1.29, 1.82) is 0 Å². The number of carbonyl (C=O) groups is 2. The Morgan fingerprint density at radius 1 is 1.24 bits per heavy atom. The second-order valence-electron chi connectivity index (χ2n) is 6.50. The second kappa shape index (κ2) is 6.57. The number of ether oxygens (including phenoxy) is 1. The van der Waals surface area contributed by atoms with Crippen molar-refractivity contribution in [2.45, 2.75) is 31.5 Å². The molecule has 1 heterocycles. The van der Waals surface area contributed by atoms with Crippen molar-refractivity contribution in [3.8, 4) is 5.75 Å². The first kappa shape index (κ1) is 17.6. The second-order valence-corrected chi connectivity index (χ2v) is 6.50.